The van der Waals surface area contributed by atoms with Crippen molar-refractivity contribution in [1.29, 1.82) is 0 Å². The molecule has 0 saturated carbocycles. The van der Waals surface area contributed by atoms with E-state index in [9.17, 15) is 14.3 Å². The van der Waals surface area contributed by atoms with E-state index >= 15 is 0 Å². The van der Waals surface area contributed by atoms with Crippen LogP contribution < -0.4 is 10.2 Å². The molecule has 6 heteroatoms. The van der Waals surface area contributed by atoms with Crippen molar-refractivity contribution in [3.05, 3.63) is 62.7 Å². The smallest absolute Gasteiger partial charge is 0.235 e. The van der Waals surface area contributed by atoms with Gasteiger partial charge in [0.05, 0.1) is 10.4 Å². The van der Waals surface area contributed by atoms with Crippen LogP contribution in [-0.2, 0) is 6.42 Å². The summed E-state index contributed by atoms with van der Waals surface area (Å²) in [4.78, 5) is 12.7. The van der Waals surface area contributed by atoms with Crippen LogP contribution in [0.1, 0.15) is 18.2 Å². The van der Waals surface area contributed by atoms with Gasteiger partial charge in [0.25, 0.3) is 0 Å². The first-order chi connectivity index (χ1) is 11.4. The van der Waals surface area contributed by atoms with Gasteiger partial charge in [-0.1, -0.05) is 24.6 Å². The summed E-state index contributed by atoms with van der Waals surface area (Å²) in [5.41, 5.74) is 0.385. The molecule has 0 aliphatic rings. The van der Waals surface area contributed by atoms with E-state index < -0.39 is 11.2 Å². The van der Waals surface area contributed by atoms with Gasteiger partial charge in [-0.05, 0) is 37.1 Å². The molecule has 3 aromatic rings. The highest BCUT2D eigenvalue weighted by Crippen LogP contribution is 2.34. The second-order valence-corrected chi connectivity index (χ2v) is 5.71. The van der Waals surface area contributed by atoms with Gasteiger partial charge in [0.1, 0.15) is 17.1 Å². The number of rotatable bonds is 3. The molecule has 0 fully saturated rings. The number of benzene rings is 2. The van der Waals surface area contributed by atoms with Gasteiger partial charge in [0.2, 0.25) is 11.2 Å². The van der Waals surface area contributed by atoms with Gasteiger partial charge in [-0.15, -0.1) is 0 Å². The van der Waals surface area contributed by atoms with E-state index in [1.807, 2.05) is 6.92 Å². The molecular formula is C18H14ClFO4. The maximum Gasteiger partial charge on any atom is 0.235 e. The number of para-hydroxylation sites is 1. The van der Waals surface area contributed by atoms with Crippen molar-refractivity contribution in [2.75, 3.05) is 0 Å². The molecule has 1 N–H and O–H groups in total. The highest BCUT2D eigenvalue weighted by Gasteiger charge is 2.18. The van der Waals surface area contributed by atoms with E-state index in [1.165, 1.54) is 31.2 Å². The number of phenols is 1. The van der Waals surface area contributed by atoms with Crippen molar-refractivity contribution in [1.82, 2.24) is 0 Å². The monoisotopic (exact) mass is 348 g/mol. The average molecular weight is 349 g/mol. The molecule has 0 aliphatic heterocycles. The van der Waals surface area contributed by atoms with Gasteiger partial charge in [-0.3, -0.25) is 4.79 Å². The Bertz CT molecular complexity index is 974. The standard InChI is InChI=1S/C18H14ClFO4/c1-3-10-7-11-15(8-14(10)21)23-9(2)17(16(11)22)24-18-12(19)5-4-6-13(18)20/h4-8,21H,3H2,1-2H3. The lowest BCUT2D eigenvalue weighted by molar-refractivity contribution is 0.411. The normalized spacial score (nSPS) is 11.0. The zero-order valence-corrected chi connectivity index (χ0v) is 13.8. The van der Waals surface area contributed by atoms with Gasteiger partial charge < -0.3 is 14.3 Å². The summed E-state index contributed by atoms with van der Waals surface area (Å²) < 4.78 is 24.9. The van der Waals surface area contributed by atoms with Gasteiger partial charge in [-0.25, -0.2) is 4.39 Å². The van der Waals surface area contributed by atoms with Crippen LogP contribution in [0, 0.1) is 12.7 Å². The zero-order valence-electron chi connectivity index (χ0n) is 13.0. The molecule has 0 bridgehead atoms. The predicted octanol–water partition coefficient (Wildman–Crippen LogP) is 4.95. The Morgan fingerprint density at radius 1 is 1.29 bits per heavy atom. The number of halogens is 2. The van der Waals surface area contributed by atoms with Crippen molar-refractivity contribution in [3.8, 4) is 17.2 Å². The first kappa shape index (κ1) is 16.3. The molecule has 24 heavy (non-hydrogen) atoms. The Kier molecular flexibility index (Phi) is 4.20. The first-order valence-corrected chi connectivity index (χ1v) is 7.71. The van der Waals surface area contributed by atoms with Crippen molar-refractivity contribution in [2.45, 2.75) is 20.3 Å². The minimum Gasteiger partial charge on any atom is -0.508 e. The number of hydrogen-bond donors (Lipinski definition) is 1. The Labute approximate surface area is 142 Å². The Morgan fingerprint density at radius 2 is 2.04 bits per heavy atom. The van der Waals surface area contributed by atoms with Crippen LogP contribution in [0.25, 0.3) is 11.0 Å². The summed E-state index contributed by atoms with van der Waals surface area (Å²) in [5.74, 6) is -0.833. The maximum atomic E-state index is 13.9. The van der Waals surface area contributed by atoms with Crippen LogP contribution in [-0.4, -0.2) is 5.11 Å². The van der Waals surface area contributed by atoms with Crippen LogP contribution in [0.2, 0.25) is 5.02 Å². The summed E-state index contributed by atoms with van der Waals surface area (Å²) in [6, 6.07) is 7.03. The Hall–Kier alpha value is -2.53. The SMILES string of the molecule is CCc1cc2c(=O)c(Oc3c(F)cccc3Cl)c(C)oc2cc1O. The Morgan fingerprint density at radius 3 is 2.71 bits per heavy atom. The fraction of sp³-hybridized carbons (Fsp3) is 0.167. The van der Waals surface area contributed by atoms with E-state index in [-0.39, 0.29) is 39.0 Å². The zero-order chi connectivity index (χ0) is 17.4. The minimum absolute atomic E-state index is 0.0499. The van der Waals surface area contributed by atoms with Gasteiger partial charge in [0, 0.05) is 6.07 Å². The molecule has 0 atom stereocenters. The molecule has 0 aliphatic carbocycles. The average Bonchev–Trinajstić information content (AvgIpc) is 2.53. The van der Waals surface area contributed by atoms with E-state index in [2.05, 4.69) is 0 Å². The van der Waals surface area contributed by atoms with Crippen molar-refractivity contribution in [2.24, 2.45) is 0 Å². The molecule has 0 radical (unpaired) electrons. The van der Waals surface area contributed by atoms with Crippen LogP contribution in [0.4, 0.5) is 4.39 Å². The molecule has 1 aromatic heterocycles. The molecule has 4 nitrogen and oxygen atoms in total. The van der Waals surface area contributed by atoms with Crippen molar-refractivity contribution < 1.29 is 18.7 Å². The van der Waals surface area contributed by atoms with E-state index in [1.54, 1.807) is 6.07 Å². The lowest BCUT2D eigenvalue weighted by Crippen LogP contribution is -2.08. The fourth-order valence-electron chi connectivity index (χ4n) is 2.45. The number of aryl methyl sites for hydroxylation is 2. The summed E-state index contributed by atoms with van der Waals surface area (Å²) in [6.07, 6.45) is 0.546. The molecule has 0 unspecified atom stereocenters. The maximum absolute atomic E-state index is 13.9. The van der Waals surface area contributed by atoms with Gasteiger partial charge >= 0.3 is 0 Å². The molecule has 0 saturated heterocycles. The Balaban J connectivity index is 2.22. The van der Waals surface area contributed by atoms with Crippen LogP contribution in [0.5, 0.6) is 17.2 Å². The largest absolute Gasteiger partial charge is 0.508 e. The van der Waals surface area contributed by atoms with Crippen molar-refractivity contribution in [3.63, 3.8) is 0 Å². The molecule has 0 amide bonds. The summed E-state index contributed by atoms with van der Waals surface area (Å²) >= 11 is 5.94. The topological polar surface area (TPSA) is 59.7 Å². The summed E-state index contributed by atoms with van der Waals surface area (Å²) in [7, 11) is 0. The molecule has 124 valence electrons. The third-order valence-electron chi connectivity index (χ3n) is 3.72. The predicted molar refractivity (Wildman–Crippen MR) is 89.7 cm³/mol. The number of phenolic OH excluding ortho intramolecular Hbond substituents is 1. The van der Waals surface area contributed by atoms with E-state index in [0.29, 0.717) is 12.0 Å². The summed E-state index contributed by atoms with van der Waals surface area (Å²) in [5, 5.41) is 10.2. The van der Waals surface area contributed by atoms with Crippen LogP contribution in [0.3, 0.4) is 0 Å². The molecular weight excluding hydrogens is 335 g/mol. The van der Waals surface area contributed by atoms with E-state index in [0.717, 1.165) is 0 Å². The van der Waals surface area contributed by atoms with Crippen molar-refractivity contribution >= 4 is 22.6 Å². The highest BCUT2D eigenvalue weighted by atomic mass is 35.5. The molecule has 2 aromatic carbocycles. The lowest BCUT2D eigenvalue weighted by atomic mass is 10.1. The minimum atomic E-state index is -0.679. The second kappa shape index (κ2) is 6.17. The second-order valence-electron chi connectivity index (χ2n) is 5.30. The molecule has 1 heterocycles. The van der Waals surface area contributed by atoms with Crippen LogP contribution >= 0.6 is 11.6 Å². The van der Waals surface area contributed by atoms with Gasteiger partial charge in [0.15, 0.2) is 11.6 Å². The number of hydrogen-bond acceptors (Lipinski definition) is 4. The highest BCUT2D eigenvalue weighted by molar-refractivity contribution is 6.32. The number of ether oxygens (including phenoxy) is 1. The lowest BCUT2D eigenvalue weighted by Gasteiger charge is -2.11. The fourth-order valence-corrected chi connectivity index (χ4v) is 2.65. The molecule has 3 rings (SSSR count). The third-order valence-corrected chi connectivity index (χ3v) is 4.02. The summed E-state index contributed by atoms with van der Waals surface area (Å²) in [6.45, 7) is 3.38. The third kappa shape index (κ3) is 2.71. The number of aromatic hydroxyl groups is 1. The van der Waals surface area contributed by atoms with Crippen LogP contribution in [0.15, 0.2) is 39.5 Å². The number of fused-ring (bicyclic) bond motifs is 1. The quantitative estimate of drug-likeness (QED) is 0.727. The van der Waals surface area contributed by atoms with E-state index in [4.69, 9.17) is 20.8 Å². The van der Waals surface area contributed by atoms with Gasteiger partial charge in [-0.2, -0.15) is 0 Å². The first-order valence-electron chi connectivity index (χ1n) is 7.33. The molecule has 0 spiro atoms.